The Morgan fingerprint density at radius 2 is 2.06 bits per heavy atom. The summed E-state index contributed by atoms with van der Waals surface area (Å²) >= 11 is 0. The molecule has 0 unspecified atom stereocenters. The molecule has 31 heavy (non-hydrogen) atoms. The van der Waals surface area contributed by atoms with Crippen LogP contribution in [0.2, 0.25) is 0 Å². The van der Waals surface area contributed by atoms with E-state index in [1.807, 2.05) is 38.1 Å². The maximum absolute atomic E-state index is 13.2. The number of fused-ring (bicyclic) bond motifs is 3. The lowest BCUT2D eigenvalue weighted by molar-refractivity contribution is -0.145. The van der Waals surface area contributed by atoms with Gasteiger partial charge in [0.2, 0.25) is 10.0 Å². The molecule has 1 heterocycles. The third-order valence-electron chi connectivity index (χ3n) is 7.57. The van der Waals surface area contributed by atoms with E-state index in [-0.39, 0.29) is 35.9 Å². The molecule has 7 nitrogen and oxygen atoms in total. The van der Waals surface area contributed by atoms with E-state index in [0.29, 0.717) is 12.8 Å². The van der Waals surface area contributed by atoms with Gasteiger partial charge in [-0.2, -0.15) is 0 Å². The zero-order valence-electron chi connectivity index (χ0n) is 18.2. The van der Waals surface area contributed by atoms with Crippen molar-refractivity contribution in [3.8, 4) is 0 Å². The Bertz CT molecular complexity index is 1120. The quantitative estimate of drug-likeness (QED) is 0.607. The number of esters is 1. The molecule has 168 valence electrons. The van der Waals surface area contributed by atoms with Crippen LogP contribution in [0, 0.1) is 16.7 Å². The lowest BCUT2D eigenvalue weighted by Crippen LogP contribution is -2.50. The molecule has 2 aliphatic carbocycles. The van der Waals surface area contributed by atoms with Gasteiger partial charge in [0.1, 0.15) is 11.8 Å². The lowest BCUT2D eigenvalue weighted by Gasteiger charge is -2.36. The van der Waals surface area contributed by atoms with Gasteiger partial charge in [-0.15, -0.1) is 0 Å². The summed E-state index contributed by atoms with van der Waals surface area (Å²) in [5.41, 5.74) is 0.489. The molecule has 0 radical (unpaired) electrons. The summed E-state index contributed by atoms with van der Waals surface area (Å²) in [5.74, 6) is -0.646. The summed E-state index contributed by atoms with van der Waals surface area (Å²) < 4.78 is 34.2. The molecule has 2 aromatic rings. The van der Waals surface area contributed by atoms with Crippen LogP contribution in [0.3, 0.4) is 0 Å². The molecule has 4 rings (SSSR count). The van der Waals surface area contributed by atoms with Crippen LogP contribution in [0.4, 0.5) is 0 Å². The average molecular weight is 447 g/mol. The van der Waals surface area contributed by atoms with Crippen molar-refractivity contribution in [3.63, 3.8) is 0 Å². The molecule has 3 atom stereocenters. The predicted molar refractivity (Wildman–Crippen MR) is 118 cm³/mol. The number of benzene rings is 1. The molecular formula is C23H30N2O5S. The number of hydrogen-bond acceptors (Lipinski definition) is 5. The Morgan fingerprint density at radius 3 is 2.71 bits per heavy atom. The van der Waals surface area contributed by atoms with Gasteiger partial charge in [0.05, 0.1) is 12.4 Å². The Kier molecular flexibility index (Phi) is 5.50. The molecule has 2 bridgehead atoms. The van der Waals surface area contributed by atoms with Gasteiger partial charge in [0, 0.05) is 35.4 Å². The molecule has 8 heteroatoms. The highest BCUT2D eigenvalue weighted by molar-refractivity contribution is 7.89. The van der Waals surface area contributed by atoms with Gasteiger partial charge in [-0.05, 0) is 42.7 Å². The van der Waals surface area contributed by atoms with E-state index in [0.717, 1.165) is 22.9 Å². The van der Waals surface area contributed by atoms with E-state index in [9.17, 15) is 18.0 Å². The fourth-order valence-electron chi connectivity index (χ4n) is 5.63. The summed E-state index contributed by atoms with van der Waals surface area (Å²) in [5, 5.41) is 0.931. The van der Waals surface area contributed by atoms with Crippen LogP contribution < -0.4 is 4.72 Å². The zero-order chi connectivity index (χ0) is 22.4. The first-order valence-corrected chi connectivity index (χ1v) is 12.5. The molecule has 0 aliphatic heterocycles. The molecular weight excluding hydrogens is 416 g/mol. The standard InChI is InChI=1S/C23H30N2O5S/c1-4-30-21(27)19(11-15-13-24-18-8-6-5-7-17(15)18)25-31(28,29)14-23-10-9-16(12-20(23)26)22(23,2)3/h5-8,13,16,19,24-25H,4,9-12,14H2,1-3H3/t16-,19+,23+/m1/s1. The molecule has 2 aliphatic rings. The zero-order valence-corrected chi connectivity index (χ0v) is 19.1. The first-order chi connectivity index (χ1) is 14.6. The molecule has 2 saturated carbocycles. The summed E-state index contributed by atoms with van der Waals surface area (Å²) in [6.07, 6.45) is 3.84. The lowest BCUT2D eigenvalue weighted by atomic mass is 9.70. The van der Waals surface area contributed by atoms with Crippen molar-refractivity contribution >= 4 is 32.7 Å². The minimum absolute atomic E-state index is 0.0310. The van der Waals surface area contributed by atoms with Crippen LogP contribution in [0.1, 0.15) is 45.6 Å². The smallest absolute Gasteiger partial charge is 0.324 e. The number of rotatable bonds is 8. The number of ketones is 1. The third kappa shape index (κ3) is 3.69. The molecule has 1 aromatic heterocycles. The van der Waals surface area contributed by atoms with Gasteiger partial charge in [-0.25, -0.2) is 13.1 Å². The predicted octanol–water partition coefficient (Wildman–Crippen LogP) is 2.96. The minimum Gasteiger partial charge on any atom is -0.465 e. The van der Waals surface area contributed by atoms with E-state index in [2.05, 4.69) is 9.71 Å². The normalized spacial score (nSPS) is 25.8. The number of H-pyrrole nitrogens is 1. The molecule has 2 N–H and O–H groups in total. The fraction of sp³-hybridized carbons (Fsp3) is 0.565. The number of carbonyl (C=O) groups excluding carboxylic acids is 2. The van der Waals surface area contributed by atoms with Gasteiger partial charge in [0.25, 0.3) is 0 Å². The van der Waals surface area contributed by atoms with E-state index in [1.165, 1.54) is 0 Å². The molecule has 0 saturated heterocycles. The van der Waals surface area contributed by atoms with Crippen LogP contribution >= 0.6 is 0 Å². The van der Waals surface area contributed by atoms with Gasteiger partial charge in [0.15, 0.2) is 0 Å². The number of carbonyl (C=O) groups is 2. The third-order valence-corrected chi connectivity index (χ3v) is 9.08. The van der Waals surface area contributed by atoms with Crippen molar-refractivity contribution < 1.29 is 22.7 Å². The Balaban J connectivity index is 1.59. The summed E-state index contributed by atoms with van der Waals surface area (Å²) in [7, 11) is -3.91. The molecule has 0 amide bonds. The second-order valence-electron chi connectivity index (χ2n) is 9.41. The van der Waals surface area contributed by atoms with Crippen molar-refractivity contribution in [2.45, 2.75) is 52.5 Å². The highest BCUT2D eigenvalue weighted by Crippen LogP contribution is 2.64. The van der Waals surface area contributed by atoms with Gasteiger partial charge < -0.3 is 9.72 Å². The highest BCUT2D eigenvalue weighted by atomic mass is 32.2. The van der Waals surface area contributed by atoms with Crippen LogP contribution in [-0.2, 0) is 30.8 Å². The average Bonchev–Trinajstić information content (AvgIpc) is 3.27. The first-order valence-electron chi connectivity index (χ1n) is 10.8. The van der Waals surface area contributed by atoms with Gasteiger partial charge in [-0.1, -0.05) is 32.0 Å². The van der Waals surface area contributed by atoms with E-state index in [1.54, 1.807) is 13.1 Å². The molecule has 2 fully saturated rings. The van der Waals surface area contributed by atoms with Gasteiger partial charge >= 0.3 is 5.97 Å². The van der Waals surface area contributed by atoms with Crippen LogP contribution in [0.5, 0.6) is 0 Å². The number of sulfonamides is 1. The summed E-state index contributed by atoms with van der Waals surface area (Å²) in [4.78, 5) is 28.6. The van der Waals surface area contributed by atoms with E-state index in [4.69, 9.17) is 4.74 Å². The maximum Gasteiger partial charge on any atom is 0.324 e. The molecule has 1 aromatic carbocycles. The SMILES string of the molecule is CCOC(=O)[C@H](Cc1c[nH]c2ccccc12)NS(=O)(=O)C[C@@]12CC[C@H](CC1=O)C2(C)C. The van der Waals surface area contributed by atoms with E-state index < -0.39 is 27.4 Å². The number of nitrogens with one attached hydrogen (secondary N) is 2. The second kappa shape index (κ2) is 7.74. The van der Waals surface area contributed by atoms with Crippen molar-refractivity contribution in [2.24, 2.45) is 16.7 Å². The minimum atomic E-state index is -3.91. The number of para-hydroxylation sites is 1. The Morgan fingerprint density at radius 1 is 1.32 bits per heavy atom. The largest absolute Gasteiger partial charge is 0.465 e. The summed E-state index contributed by atoms with van der Waals surface area (Å²) in [6.45, 7) is 5.84. The number of aromatic nitrogens is 1. The van der Waals surface area contributed by atoms with E-state index >= 15 is 0 Å². The Labute approximate surface area is 183 Å². The number of ether oxygens (including phenoxy) is 1. The topological polar surface area (TPSA) is 105 Å². The molecule has 0 spiro atoms. The number of aromatic amines is 1. The summed E-state index contributed by atoms with van der Waals surface area (Å²) in [6, 6.07) is 6.59. The van der Waals surface area contributed by atoms with Crippen LogP contribution in [-0.4, -0.2) is 43.6 Å². The number of hydrogen-bond donors (Lipinski definition) is 2. The second-order valence-corrected chi connectivity index (χ2v) is 11.2. The van der Waals surface area contributed by atoms with Crippen LogP contribution in [0.15, 0.2) is 30.5 Å². The maximum atomic E-state index is 13.2. The van der Waals surface area contributed by atoms with Crippen molar-refractivity contribution in [3.05, 3.63) is 36.0 Å². The fourth-order valence-corrected chi connectivity index (χ4v) is 7.65. The number of Topliss-reactive ketones (excluding diaryl/α,β-unsaturated/α-hetero) is 1. The van der Waals surface area contributed by atoms with Crippen molar-refractivity contribution in [1.29, 1.82) is 0 Å². The first kappa shape index (κ1) is 22.0. The van der Waals surface area contributed by atoms with Crippen molar-refractivity contribution in [2.75, 3.05) is 12.4 Å². The monoisotopic (exact) mass is 446 g/mol. The van der Waals surface area contributed by atoms with Crippen molar-refractivity contribution in [1.82, 2.24) is 9.71 Å². The Hall–Kier alpha value is -2.19. The van der Waals surface area contributed by atoms with Gasteiger partial charge in [-0.3, -0.25) is 9.59 Å². The highest BCUT2D eigenvalue weighted by Gasteiger charge is 2.65. The van der Waals surface area contributed by atoms with Crippen LogP contribution in [0.25, 0.3) is 10.9 Å².